The molecule has 0 aliphatic carbocycles. The van der Waals surface area contributed by atoms with Crippen LogP contribution < -0.4 is 4.90 Å². The lowest BCUT2D eigenvalue weighted by molar-refractivity contribution is 0.0209. The number of nitrogens with zero attached hydrogens (tertiary/aromatic N) is 3. The fraction of sp³-hybridized carbons (Fsp3) is 0.643. The summed E-state index contributed by atoms with van der Waals surface area (Å²) in [6.07, 6.45) is 2.97. The number of hydrogen-bond donors (Lipinski definition) is 1. The van der Waals surface area contributed by atoms with Crippen LogP contribution in [0.5, 0.6) is 0 Å². The van der Waals surface area contributed by atoms with Crippen LogP contribution in [0.2, 0.25) is 0 Å². The molecule has 2 saturated heterocycles. The summed E-state index contributed by atoms with van der Waals surface area (Å²) in [6, 6.07) is 4.46. The molecule has 104 valence electrons. The Hall–Kier alpha value is -1.17. The SMILES string of the molecule is OCc1ccnc(N2CCC(N3CCOCC3)C2)c1. The average Bonchev–Trinajstić information content (AvgIpc) is 2.98. The van der Waals surface area contributed by atoms with Gasteiger partial charge in [0.1, 0.15) is 5.82 Å². The highest BCUT2D eigenvalue weighted by atomic mass is 16.5. The number of hydrogen-bond acceptors (Lipinski definition) is 5. The molecule has 0 saturated carbocycles. The number of aromatic nitrogens is 1. The summed E-state index contributed by atoms with van der Waals surface area (Å²) in [7, 11) is 0. The predicted octanol–water partition coefficient (Wildman–Crippen LogP) is 0.485. The number of pyridine rings is 1. The summed E-state index contributed by atoms with van der Waals surface area (Å²) in [5.41, 5.74) is 0.930. The zero-order valence-electron chi connectivity index (χ0n) is 11.2. The summed E-state index contributed by atoms with van der Waals surface area (Å²) in [6.45, 7) is 5.96. The van der Waals surface area contributed by atoms with Crippen molar-refractivity contribution in [1.82, 2.24) is 9.88 Å². The summed E-state index contributed by atoms with van der Waals surface area (Å²) in [4.78, 5) is 9.27. The third-order valence-corrected chi connectivity index (χ3v) is 4.04. The van der Waals surface area contributed by atoms with Crippen molar-refractivity contribution >= 4 is 5.82 Å². The Morgan fingerprint density at radius 3 is 2.95 bits per heavy atom. The molecule has 3 rings (SSSR count). The van der Waals surface area contributed by atoms with Crippen molar-refractivity contribution in [2.24, 2.45) is 0 Å². The maximum Gasteiger partial charge on any atom is 0.128 e. The minimum Gasteiger partial charge on any atom is -0.392 e. The molecule has 0 amide bonds. The number of aliphatic hydroxyl groups is 1. The molecular weight excluding hydrogens is 242 g/mol. The van der Waals surface area contributed by atoms with Gasteiger partial charge in [0.25, 0.3) is 0 Å². The summed E-state index contributed by atoms with van der Waals surface area (Å²) < 4.78 is 5.41. The van der Waals surface area contributed by atoms with E-state index in [9.17, 15) is 5.11 Å². The van der Waals surface area contributed by atoms with E-state index < -0.39 is 0 Å². The molecule has 0 spiro atoms. The summed E-state index contributed by atoms with van der Waals surface area (Å²) >= 11 is 0. The molecule has 3 heterocycles. The van der Waals surface area contributed by atoms with Gasteiger partial charge in [0.15, 0.2) is 0 Å². The van der Waals surface area contributed by atoms with Gasteiger partial charge in [-0.05, 0) is 24.1 Å². The molecule has 19 heavy (non-hydrogen) atoms. The van der Waals surface area contributed by atoms with E-state index in [1.54, 1.807) is 6.20 Å². The van der Waals surface area contributed by atoms with Crippen molar-refractivity contribution in [3.8, 4) is 0 Å². The molecule has 0 aromatic carbocycles. The van der Waals surface area contributed by atoms with E-state index in [2.05, 4.69) is 14.8 Å². The first-order valence-corrected chi connectivity index (χ1v) is 6.99. The first-order chi connectivity index (χ1) is 9.36. The molecule has 0 bridgehead atoms. The Morgan fingerprint density at radius 1 is 1.32 bits per heavy atom. The second-order valence-electron chi connectivity index (χ2n) is 5.22. The third-order valence-electron chi connectivity index (χ3n) is 4.04. The van der Waals surface area contributed by atoms with Crippen molar-refractivity contribution < 1.29 is 9.84 Å². The summed E-state index contributed by atoms with van der Waals surface area (Å²) in [5, 5.41) is 9.19. The quantitative estimate of drug-likeness (QED) is 0.860. The predicted molar refractivity (Wildman–Crippen MR) is 73.2 cm³/mol. The molecule has 1 aromatic rings. The maximum atomic E-state index is 9.19. The topological polar surface area (TPSA) is 48.8 Å². The van der Waals surface area contributed by atoms with Gasteiger partial charge in [0.2, 0.25) is 0 Å². The molecule has 2 aliphatic rings. The van der Waals surface area contributed by atoms with Gasteiger partial charge in [0.05, 0.1) is 19.8 Å². The van der Waals surface area contributed by atoms with Crippen molar-refractivity contribution in [2.75, 3.05) is 44.3 Å². The van der Waals surface area contributed by atoms with E-state index in [0.717, 1.165) is 50.8 Å². The highest BCUT2D eigenvalue weighted by molar-refractivity contribution is 5.42. The summed E-state index contributed by atoms with van der Waals surface area (Å²) in [5.74, 6) is 0.988. The third kappa shape index (κ3) is 2.88. The number of anilines is 1. The van der Waals surface area contributed by atoms with Crippen LogP contribution in [0.15, 0.2) is 18.3 Å². The van der Waals surface area contributed by atoms with E-state index in [1.165, 1.54) is 6.42 Å². The highest BCUT2D eigenvalue weighted by Gasteiger charge is 2.29. The van der Waals surface area contributed by atoms with Crippen LogP contribution in [0.3, 0.4) is 0 Å². The average molecular weight is 263 g/mol. The minimum atomic E-state index is 0.0796. The normalized spacial score (nSPS) is 24.9. The second kappa shape index (κ2) is 5.86. The van der Waals surface area contributed by atoms with Gasteiger partial charge < -0.3 is 14.7 Å². The molecule has 0 radical (unpaired) electrons. The molecule has 2 aliphatic heterocycles. The number of morpholine rings is 1. The molecule has 2 fully saturated rings. The van der Waals surface area contributed by atoms with Crippen molar-refractivity contribution in [2.45, 2.75) is 19.1 Å². The van der Waals surface area contributed by atoms with Crippen LogP contribution in [0.4, 0.5) is 5.82 Å². The fourth-order valence-electron chi connectivity index (χ4n) is 2.92. The second-order valence-corrected chi connectivity index (χ2v) is 5.22. The largest absolute Gasteiger partial charge is 0.392 e. The van der Waals surface area contributed by atoms with E-state index in [4.69, 9.17) is 4.74 Å². The minimum absolute atomic E-state index is 0.0796. The Balaban J connectivity index is 1.64. The van der Waals surface area contributed by atoms with Crippen LogP contribution in [-0.4, -0.2) is 60.4 Å². The van der Waals surface area contributed by atoms with Gasteiger partial charge in [-0.1, -0.05) is 0 Å². The van der Waals surface area contributed by atoms with Gasteiger partial charge in [0, 0.05) is 38.4 Å². The Labute approximate surface area is 113 Å². The van der Waals surface area contributed by atoms with Gasteiger partial charge in [-0.25, -0.2) is 4.98 Å². The maximum absolute atomic E-state index is 9.19. The van der Waals surface area contributed by atoms with Crippen molar-refractivity contribution in [3.63, 3.8) is 0 Å². The van der Waals surface area contributed by atoms with E-state index in [-0.39, 0.29) is 6.61 Å². The number of rotatable bonds is 3. The molecule has 1 N–H and O–H groups in total. The zero-order valence-corrected chi connectivity index (χ0v) is 11.2. The van der Waals surface area contributed by atoms with Gasteiger partial charge in [-0.3, -0.25) is 4.90 Å². The van der Waals surface area contributed by atoms with Crippen LogP contribution in [0.25, 0.3) is 0 Å². The smallest absolute Gasteiger partial charge is 0.128 e. The van der Waals surface area contributed by atoms with E-state index in [0.29, 0.717) is 6.04 Å². The van der Waals surface area contributed by atoms with Crippen molar-refractivity contribution in [3.05, 3.63) is 23.9 Å². The van der Waals surface area contributed by atoms with Crippen LogP contribution in [-0.2, 0) is 11.3 Å². The van der Waals surface area contributed by atoms with Gasteiger partial charge >= 0.3 is 0 Å². The van der Waals surface area contributed by atoms with E-state index in [1.807, 2.05) is 12.1 Å². The molecule has 5 nitrogen and oxygen atoms in total. The Bertz CT molecular complexity index is 421. The molecule has 1 aromatic heterocycles. The molecule has 1 atom stereocenters. The van der Waals surface area contributed by atoms with Crippen LogP contribution >= 0.6 is 0 Å². The number of ether oxygens (including phenoxy) is 1. The Kier molecular flexibility index (Phi) is 3.96. The standard InChI is InChI=1S/C14H21N3O2/c18-11-12-1-3-15-14(9-12)17-4-2-13(10-17)16-5-7-19-8-6-16/h1,3,9,13,18H,2,4-8,10-11H2. The van der Waals surface area contributed by atoms with E-state index >= 15 is 0 Å². The van der Waals surface area contributed by atoms with Gasteiger partial charge in [-0.2, -0.15) is 0 Å². The highest BCUT2D eigenvalue weighted by Crippen LogP contribution is 2.22. The Morgan fingerprint density at radius 2 is 2.16 bits per heavy atom. The lowest BCUT2D eigenvalue weighted by atomic mass is 10.2. The number of aliphatic hydroxyl groups excluding tert-OH is 1. The van der Waals surface area contributed by atoms with Crippen LogP contribution in [0, 0.1) is 0 Å². The lowest BCUT2D eigenvalue weighted by Crippen LogP contribution is -2.44. The zero-order chi connectivity index (χ0) is 13.1. The van der Waals surface area contributed by atoms with Crippen LogP contribution in [0.1, 0.15) is 12.0 Å². The molecular formula is C14H21N3O2. The van der Waals surface area contributed by atoms with Gasteiger partial charge in [-0.15, -0.1) is 0 Å². The molecule has 1 unspecified atom stereocenters. The fourth-order valence-corrected chi connectivity index (χ4v) is 2.92. The first kappa shape index (κ1) is 12.8. The molecule has 5 heteroatoms. The first-order valence-electron chi connectivity index (χ1n) is 6.99. The van der Waals surface area contributed by atoms with Crippen molar-refractivity contribution in [1.29, 1.82) is 0 Å². The monoisotopic (exact) mass is 263 g/mol. The lowest BCUT2D eigenvalue weighted by Gasteiger charge is -2.32.